The molecule has 2 heterocycles. The fraction of sp³-hybridized carbons (Fsp3) is 0.214. The SMILES string of the molecule is FC1(F)CC1c1cc2nc(Nc3cn[nH]c3Cl)ncc2cc1Cl. The van der Waals surface area contributed by atoms with E-state index in [1.165, 1.54) is 6.20 Å². The Morgan fingerprint density at radius 3 is 2.70 bits per heavy atom. The molecule has 0 spiro atoms. The monoisotopic (exact) mass is 355 g/mol. The highest BCUT2D eigenvalue weighted by Gasteiger charge is 2.58. The van der Waals surface area contributed by atoms with Crippen LogP contribution in [0.4, 0.5) is 20.4 Å². The molecule has 4 rings (SSSR count). The van der Waals surface area contributed by atoms with Crippen LogP contribution in [0.25, 0.3) is 10.9 Å². The summed E-state index contributed by atoms with van der Waals surface area (Å²) in [6, 6.07) is 3.20. The van der Waals surface area contributed by atoms with E-state index >= 15 is 0 Å². The molecule has 23 heavy (non-hydrogen) atoms. The molecule has 1 atom stereocenters. The second-order valence-electron chi connectivity index (χ2n) is 5.37. The molecule has 118 valence electrons. The molecule has 1 aromatic carbocycles. The number of hydrogen-bond donors (Lipinski definition) is 2. The van der Waals surface area contributed by atoms with Crippen LogP contribution in [0.2, 0.25) is 10.2 Å². The maximum Gasteiger partial charge on any atom is 0.255 e. The van der Waals surface area contributed by atoms with Crippen LogP contribution < -0.4 is 5.32 Å². The van der Waals surface area contributed by atoms with Gasteiger partial charge in [0.1, 0.15) is 5.15 Å². The summed E-state index contributed by atoms with van der Waals surface area (Å²) in [6.07, 6.45) is 2.88. The summed E-state index contributed by atoms with van der Waals surface area (Å²) in [5, 5.41) is 10.6. The van der Waals surface area contributed by atoms with Gasteiger partial charge in [-0.15, -0.1) is 0 Å². The van der Waals surface area contributed by atoms with Gasteiger partial charge in [0.25, 0.3) is 5.92 Å². The van der Waals surface area contributed by atoms with Crippen molar-refractivity contribution < 1.29 is 8.78 Å². The van der Waals surface area contributed by atoms with Gasteiger partial charge in [0, 0.05) is 23.0 Å². The van der Waals surface area contributed by atoms with E-state index < -0.39 is 11.8 Å². The molecule has 0 aliphatic heterocycles. The van der Waals surface area contributed by atoms with Gasteiger partial charge in [0.15, 0.2) is 0 Å². The van der Waals surface area contributed by atoms with E-state index in [0.717, 1.165) is 0 Å². The Bertz CT molecular complexity index is 911. The average Bonchev–Trinajstić information content (AvgIpc) is 2.94. The van der Waals surface area contributed by atoms with Crippen LogP contribution in [0.1, 0.15) is 17.9 Å². The largest absolute Gasteiger partial charge is 0.320 e. The Labute approximate surface area is 139 Å². The number of H-pyrrole nitrogens is 1. The van der Waals surface area contributed by atoms with Crippen molar-refractivity contribution in [3.05, 3.63) is 40.3 Å². The lowest BCUT2D eigenvalue weighted by Crippen LogP contribution is -1.98. The predicted molar refractivity (Wildman–Crippen MR) is 83.7 cm³/mol. The lowest BCUT2D eigenvalue weighted by atomic mass is 10.1. The zero-order chi connectivity index (χ0) is 16.2. The van der Waals surface area contributed by atoms with Crippen molar-refractivity contribution in [2.45, 2.75) is 18.3 Å². The summed E-state index contributed by atoms with van der Waals surface area (Å²) >= 11 is 12.0. The second-order valence-corrected chi connectivity index (χ2v) is 6.15. The average molecular weight is 356 g/mol. The summed E-state index contributed by atoms with van der Waals surface area (Å²) in [5.74, 6) is -3.24. The number of rotatable bonds is 3. The van der Waals surface area contributed by atoms with Crippen molar-refractivity contribution in [3.63, 3.8) is 0 Å². The molecule has 2 N–H and O–H groups in total. The van der Waals surface area contributed by atoms with Gasteiger partial charge < -0.3 is 5.32 Å². The summed E-state index contributed by atoms with van der Waals surface area (Å²) in [4.78, 5) is 8.48. The summed E-state index contributed by atoms with van der Waals surface area (Å²) in [6.45, 7) is 0. The number of halogens is 4. The first-order valence-corrected chi connectivity index (χ1v) is 7.49. The van der Waals surface area contributed by atoms with Gasteiger partial charge in [-0.1, -0.05) is 23.2 Å². The Balaban J connectivity index is 1.73. The normalized spacial score (nSPS) is 19.0. The molecule has 5 nitrogen and oxygen atoms in total. The minimum absolute atomic E-state index is 0.182. The van der Waals surface area contributed by atoms with Crippen molar-refractivity contribution >= 4 is 45.7 Å². The highest BCUT2D eigenvalue weighted by atomic mass is 35.5. The van der Waals surface area contributed by atoms with E-state index in [1.54, 1.807) is 18.3 Å². The minimum atomic E-state index is -2.68. The maximum absolute atomic E-state index is 13.3. The van der Waals surface area contributed by atoms with Crippen LogP contribution in [0, 0.1) is 0 Å². The van der Waals surface area contributed by atoms with E-state index in [4.69, 9.17) is 23.2 Å². The van der Waals surface area contributed by atoms with Crippen molar-refractivity contribution in [2.24, 2.45) is 0 Å². The van der Waals surface area contributed by atoms with Crippen LogP contribution in [-0.4, -0.2) is 26.1 Å². The molecule has 9 heteroatoms. The van der Waals surface area contributed by atoms with Crippen LogP contribution in [0.5, 0.6) is 0 Å². The number of aromatic nitrogens is 4. The minimum Gasteiger partial charge on any atom is -0.320 e. The van der Waals surface area contributed by atoms with Gasteiger partial charge in [0.2, 0.25) is 5.95 Å². The fourth-order valence-electron chi connectivity index (χ4n) is 2.42. The Morgan fingerprint density at radius 1 is 1.26 bits per heavy atom. The van der Waals surface area contributed by atoms with Gasteiger partial charge >= 0.3 is 0 Å². The van der Waals surface area contributed by atoms with E-state index in [1.807, 2.05) is 0 Å². The quantitative estimate of drug-likeness (QED) is 0.724. The van der Waals surface area contributed by atoms with Gasteiger partial charge in [-0.25, -0.2) is 18.7 Å². The number of nitrogens with one attached hydrogen (secondary N) is 2. The Hall–Kier alpha value is -1.99. The molecule has 1 fully saturated rings. The van der Waals surface area contributed by atoms with Gasteiger partial charge in [-0.3, -0.25) is 5.10 Å². The number of hydrogen-bond acceptors (Lipinski definition) is 4. The predicted octanol–water partition coefficient (Wildman–Crippen LogP) is 4.53. The van der Waals surface area contributed by atoms with Crippen LogP contribution >= 0.6 is 23.2 Å². The Kier molecular flexibility index (Phi) is 3.18. The zero-order valence-electron chi connectivity index (χ0n) is 11.4. The molecule has 0 radical (unpaired) electrons. The molecular formula is C14H9Cl2F2N5. The van der Waals surface area contributed by atoms with Gasteiger partial charge in [-0.05, 0) is 17.7 Å². The first-order valence-electron chi connectivity index (χ1n) is 6.74. The van der Waals surface area contributed by atoms with Crippen LogP contribution in [0.15, 0.2) is 24.5 Å². The van der Waals surface area contributed by atoms with Crippen molar-refractivity contribution in [2.75, 3.05) is 5.32 Å². The number of benzene rings is 1. The number of anilines is 2. The van der Waals surface area contributed by atoms with Crippen molar-refractivity contribution in [1.82, 2.24) is 20.2 Å². The summed E-state index contributed by atoms with van der Waals surface area (Å²) in [7, 11) is 0. The highest BCUT2D eigenvalue weighted by Crippen LogP contribution is 2.57. The molecule has 2 aromatic heterocycles. The van der Waals surface area contributed by atoms with E-state index in [9.17, 15) is 8.78 Å². The highest BCUT2D eigenvalue weighted by molar-refractivity contribution is 6.32. The summed E-state index contributed by atoms with van der Waals surface area (Å²) in [5.41, 5.74) is 1.47. The topological polar surface area (TPSA) is 66.5 Å². The third kappa shape index (κ3) is 2.60. The molecule has 1 aliphatic carbocycles. The Morgan fingerprint density at radius 2 is 2.04 bits per heavy atom. The molecule has 0 saturated heterocycles. The molecule has 1 unspecified atom stereocenters. The van der Waals surface area contributed by atoms with E-state index in [2.05, 4.69) is 25.5 Å². The maximum atomic E-state index is 13.3. The first kappa shape index (κ1) is 14.6. The first-order chi connectivity index (χ1) is 10.9. The van der Waals surface area contributed by atoms with E-state index in [-0.39, 0.29) is 12.4 Å². The second kappa shape index (κ2) is 5.01. The molecule has 0 bridgehead atoms. The number of nitrogens with zero attached hydrogens (tertiary/aromatic N) is 3. The van der Waals surface area contributed by atoms with Crippen LogP contribution in [-0.2, 0) is 0 Å². The molecule has 0 amide bonds. The molecule has 1 aliphatic rings. The fourth-order valence-corrected chi connectivity index (χ4v) is 2.87. The molecule has 1 saturated carbocycles. The smallest absolute Gasteiger partial charge is 0.255 e. The van der Waals surface area contributed by atoms with Gasteiger partial charge in [-0.2, -0.15) is 5.10 Å². The standard InChI is InChI=1S/C14H9Cl2F2N5/c15-9-1-6-4-19-13(22-11-5-20-23-12(11)16)21-10(6)2-7(9)8-3-14(8,17)18/h1-2,4-5,8H,3H2,(H,20,23)(H,19,21,22). The van der Waals surface area contributed by atoms with Crippen molar-refractivity contribution in [3.8, 4) is 0 Å². The molecular weight excluding hydrogens is 347 g/mol. The number of aromatic amines is 1. The summed E-state index contributed by atoms with van der Waals surface area (Å²) < 4.78 is 26.6. The van der Waals surface area contributed by atoms with Gasteiger partial charge in [0.05, 0.1) is 23.3 Å². The third-order valence-corrected chi connectivity index (χ3v) is 4.35. The third-order valence-electron chi connectivity index (χ3n) is 3.74. The lowest BCUT2D eigenvalue weighted by molar-refractivity contribution is 0.112. The zero-order valence-corrected chi connectivity index (χ0v) is 13.0. The van der Waals surface area contributed by atoms with Crippen molar-refractivity contribution in [1.29, 1.82) is 0 Å². The number of fused-ring (bicyclic) bond motifs is 1. The van der Waals surface area contributed by atoms with E-state index in [0.29, 0.717) is 32.3 Å². The van der Waals surface area contributed by atoms with Crippen LogP contribution in [0.3, 0.4) is 0 Å². The number of alkyl halides is 2. The molecule has 3 aromatic rings. The lowest BCUT2D eigenvalue weighted by Gasteiger charge is -2.07.